The van der Waals surface area contributed by atoms with Crippen LogP contribution in [0.1, 0.15) is 5.56 Å². The van der Waals surface area contributed by atoms with Crippen LogP contribution in [0.4, 0.5) is 5.69 Å². The Bertz CT molecular complexity index is 883. The third-order valence-corrected chi connectivity index (χ3v) is 4.62. The molecule has 2 aromatic heterocycles. The third-order valence-electron chi connectivity index (χ3n) is 4.62. The number of benzene rings is 1. The zero-order chi connectivity index (χ0) is 16.4. The maximum Gasteiger partial charge on any atom is 0.252 e. The van der Waals surface area contributed by atoms with E-state index >= 15 is 0 Å². The minimum absolute atomic E-state index is 0.0188. The van der Waals surface area contributed by atoms with Crippen LogP contribution in [0.5, 0.6) is 0 Å². The number of hydrogen-bond acceptors (Lipinski definition) is 4. The average molecular weight is 320 g/mol. The van der Waals surface area contributed by atoms with Crippen LogP contribution in [-0.4, -0.2) is 41.0 Å². The number of nitrogens with zero attached hydrogens (tertiary/aromatic N) is 3. The molecule has 0 bridgehead atoms. The minimum atomic E-state index is 0.0188. The maximum atomic E-state index is 12.3. The van der Waals surface area contributed by atoms with Crippen molar-refractivity contribution in [2.75, 3.05) is 31.1 Å². The highest BCUT2D eigenvalue weighted by molar-refractivity contribution is 5.78. The summed E-state index contributed by atoms with van der Waals surface area (Å²) in [4.78, 5) is 24.1. The smallest absolute Gasteiger partial charge is 0.252 e. The van der Waals surface area contributed by atoms with Crippen molar-refractivity contribution in [1.29, 1.82) is 0 Å². The molecule has 0 aliphatic carbocycles. The zero-order valence-electron chi connectivity index (χ0n) is 13.5. The van der Waals surface area contributed by atoms with Crippen molar-refractivity contribution >= 4 is 16.6 Å². The first-order valence-electron chi connectivity index (χ1n) is 8.28. The Labute approximate surface area is 140 Å². The lowest BCUT2D eigenvalue weighted by Crippen LogP contribution is -2.46. The van der Waals surface area contributed by atoms with Gasteiger partial charge < -0.3 is 9.88 Å². The first kappa shape index (κ1) is 14.9. The molecule has 1 aliphatic rings. The van der Waals surface area contributed by atoms with Crippen LogP contribution in [0.15, 0.2) is 59.7 Å². The topological polar surface area (TPSA) is 52.2 Å². The minimum Gasteiger partial charge on any atom is -0.369 e. The van der Waals surface area contributed by atoms with Gasteiger partial charge in [0.05, 0.1) is 0 Å². The van der Waals surface area contributed by atoms with Gasteiger partial charge in [0.15, 0.2) is 0 Å². The molecule has 1 saturated heterocycles. The molecule has 3 aromatic rings. The molecule has 5 nitrogen and oxygen atoms in total. The summed E-state index contributed by atoms with van der Waals surface area (Å²) in [5, 5.41) is 1.09. The number of nitrogens with one attached hydrogen (secondary N) is 1. The van der Waals surface area contributed by atoms with E-state index in [2.05, 4.69) is 19.8 Å². The molecule has 1 aliphatic heterocycles. The molecule has 0 saturated carbocycles. The van der Waals surface area contributed by atoms with Crippen LogP contribution in [0.2, 0.25) is 0 Å². The molecule has 0 atom stereocenters. The molecule has 0 amide bonds. The Kier molecular flexibility index (Phi) is 4.01. The van der Waals surface area contributed by atoms with Gasteiger partial charge in [-0.1, -0.05) is 18.2 Å². The molecule has 4 rings (SSSR count). The summed E-state index contributed by atoms with van der Waals surface area (Å²) in [5.41, 5.74) is 2.97. The Morgan fingerprint density at radius 2 is 1.75 bits per heavy atom. The molecule has 1 aromatic carbocycles. The Hall–Kier alpha value is -2.66. The lowest BCUT2D eigenvalue weighted by Gasteiger charge is -2.35. The van der Waals surface area contributed by atoms with Gasteiger partial charge in [-0.25, -0.2) is 0 Å². The fourth-order valence-corrected chi connectivity index (χ4v) is 3.27. The van der Waals surface area contributed by atoms with Crippen molar-refractivity contribution in [3.8, 4) is 0 Å². The number of anilines is 1. The molecule has 3 heterocycles. The normalized spacial score (nSPS) is 15.8. The van der Waals surface area contributed by atoms with E-state index in [0.29, 0.717) is 6.54 Å². The number of H-pyrrole nitrogens is 1. The summed E-state index contributed by atoms with van der Waals surface area (Å²) in [7, 11) is 0. The van der Waals surface area contributed by atoms with Gasteiger partial charge in [-0.05, 0) is 29.7 Å². The van der Waals surface area contributed by atoms with Crippen LogP contribution < -0.4 is 10.5 Å². The number of fused-ring (bicyclic) bond motifs is 1. The summed E-state index contributed by atoms with van der Waals surface area (Å²) < 4.78 is 0. The molecule has 122 valence electrons. The van der Waals surface area contributed by atoms with E-state index in [0.717, 1.165) is 42.6 Å². The van der Waals surface area contributed by atoms with Crippen molar-refractivity contribution in [3.63, 3.8) is 0 Å². The van der Waals surface area contributed by atoms with E-state index in [-0.39, 0.29) is 5.56 Å². The number of para-hydroxylation sites is 1. The number of hydrogen-bond donors (Lipinski definition) is 1. The van der Waals surface area contributed by atoms with Gasteiger partial charge in [0.1, 0.15) is 0 Å². The fraction of sp³-hybridized carbons (Fsp3) is 0.263. The molecule has 1 fully saturated rings. The Morgan fingerprint density at radius 1 is 1.00 bits per heavy atom. The van der Waals surface area contributed by atoms with Crippen LogP contribution in [0, 0.1) is 0 Å². The lowest BCUT2D eigenvalue weighted by atomic mass is 10.1. The number of aromatic amines is 1. The Balaban J connectivity index is 1.46. The van der Waals surface area contributed by atoms with Crippen molar-refractivity contribution in [2.45, 2.75) is 6.54 Å². The van der Waals surface area contributed by atoms with Gasteiger partial charge in [-0.3, -0.25) is 14.7 Å². The quantitative estimate of drug-likeness (QED) is 0.804. The van der Waals surface area contributed by atoms with E-state index in [1.165, 1.54) is 5.69 Å². The van der Waals surface area contributed by atoms with Crippen molar-refractivity contribution in [2.24, 2.45) is 0 Å². The lowest BCUT2D eigenvalue weighted by molar-refractivity contribution is 0.249. The number of piperazine rings is 1. The predicted molar refractivity (Wildman–Crippen MR) is 96.3 cm³/mol. The van der Waals surface area contributed by atoms with E-state index in [1.807, 2.05) is 54.9 Å². The van der Waals surface area contributed by atoms with E-state index in [4.69, 9.17) is 0 Å². The SMILES string of the molecule is O=c1[nH]c2ccccc2cc1CN1CCN(c2ccncc2)CC1. The van der Waals surface area contributed by atoms with Crippen molar-refractivity contribution < 1.29 is 0 Å². The van der Waals surface area contributed by atoms with E-state index in [1.54, 1.807) is 0 Å². The Morgan fingerprint density at radius 3 is 2.54 bits per heavy atom. The molecule has 0 unspecified atom stereocenters. The predicted octanol–water partition coefficient (Wildman–Crippen LogP) is 2.25. The number of rotatable bonds is 3. The van der Waals surface area contributed by atoms with Crippen LogP contribution in [-0.2, 0) is 6.54 Å². The first-order chi connectivity index (χ1) is 11.8. The van der Waals surface area contributed by atoms with Gasteiger partial charge in [0.2, 0.25) is 0 Å². The third kappa shape index (κ3) is 3.03. The van der Waals surface area contributed by atoms with Gasteiger partial charge >= 0.3 is 0 Å². The molecular formula is C19H20N4O. The maximum absolute atomic E-state index is 12.3. The number of aromatic nitrogens is 2. The van der Waals surface area contributed by atoms with Crippen LogP contribution in [0.25, 0.3) is 10.9 Å². The highest BCUT2D eigenvalue weighted by atomic mass is 16.1. The molecule has 5 heteroatoms. The van der Waals surface area contributed by atoms with Gasteiger partial charge in [0.25, 0.3) is 5.56 Å². The molecule has 24 heavy (non-hydrogen) atoms. The first-order valence-corrected chi connectivity index (χ1v) is 8.28. The standard InChI is InChI=1S/C19H20N4O/c24-19-16(13-15-3-1-2-4-18(15)21-19)14-22-9-11-23(12-10-22)17-5-7-20-8-6-17/h1-8,13H,9-12,14H2,(H,21,24). The molecular weight excluding hydrogens is 300 g/mol. The summed E-state index contributed by atoms with van der Waals surface area (Å²) >= 11 is 0. The summed E-state index contributed by atoms with van der Waals surface area (Å²) in [5.74, 6) is 0. The van der Waals surface area contributed by atoms with Gasteiger partial charge in [-0.2, -0.15) is 0 Å². The number of pyridine rings is 2. The summed E-state index contributed by atoms with van der Waals surface area (Å²) in [6.07, 6.45) is 3.66. The highest BCUT2D eigenvalue weighted by Crippen LogP contribution is 2.16. The summed E-state index contributed by atoms with van der Waals surface area (Å²) in [6.45, 7) is 4.54. The van der Waals surface area contributed by atoms with Gasteiger partial charge in [0, 0.05) is 61.9 Å². The zero-order valence-corrected chi connectivity index (χ0v) is 13.5. The largest absolute Gasteiger partial charge is 0.369 e. The second kappa shape index (κ2) is 6.45. The molecule has 0 spiro atoms. The summed E-state index contributed by atoms with van der Waals surface area (Å²) in [6, 6.07) is 14.0. The van der Waals surface area contributed by atoms with E-state index < -0.39 is 0 Å². The van der Waals surface area contributed by atoms with E-state index in [9.17, 15) is 4.79 Å². The second-order valence-corrected chi connectivity index (χ2v) is 6.18. The molecule has 1 N–H and O–H groups in total. The van der Waals surface area contributed by atoms with Crippen molar-refractivity contribution in [3.05, 3.63) is 70.8 Å². The molecule has 0 radical (unpaired) electrons. The van der Waals surface area contributed by atoms with Crippen LogP contribution >= 0.6 is 0 Å². The monoisotopic (exact) mass is 320 g/mol. The van der Waals surface area contributed by atoms with Gasteiger partial charge in [-0.15, -0.1) is 0 Å². The van der Waals surface area contributed by atoms with Crippen molar-refractivity contribution in [1.82, 2.24) is 14.9 Å². The fourth-order valence-electron chi connectivity index (χ4n) is 3.27. The second-order valence-electron chi connectivity index (χ2n) is 6.18. The average Bonchev–Trinajstić information content (AvgIpc) is 2.64. The highest BCUT2D eigenvalue weighted by Gasteiger charge is 2.18. The van der Waals surface area contributed by atoms with Crippen LogP contribution in [0.3, 0.4) is 0 Å².